The van der Waals surface area contributed by atoms with Crippen molar-refractivity contribution < 1.29 is 17.9 Å². The summed E-state index contributed by atoms with van der Waals surface area (Å²) in [7, 11) is 1.60. The third-order valence-electron chi connectivity index (χ3n) is 3.56. The lowest BCUT2D eigenvalue weighted by Crippen LogP contribution is -2.18. The first-order valence-electron chi connectivity index (χ1n) is 8.08. The van der Waals surface area contributed by atoms with E-state index in [1.54, 1.807) is 24.1 Å². The number of ether oxygens (including phenoxy) is 1. The molecule has 0 saturated carbocycles. The van der Waals surface area contributed by atoms with Gasteiger partial charge in [0.25, 0.3) is 0 Å². The highest BCUT2D eigenvalue weighted by Crippen LogP contribution is 2.29. The maximum absolute atomic E-state index is 12.7. The summed E-state index contributed by atoms with van der Waals surface area (Å²) in [4.78, 5) is 4.46. The van der Waals surface area contributed by atoms with Crippen molar-refractivity contribution in [2.45, 2.75) is 25.0 Å². The van der Waals surface area contributed by atoms with E-state index in [1.165, 1.54) is 22.6 Å². The fraction of sp³-hybridized carbons (Fsp3) is 0.467. The average molecular weight is 480 g/mol. The van der Waals surface area contributed by atoms with Crippen LogP contribution in [0.25, 0.3) is 17.3 Å². The van der Waals surface area contributed by atoms with Crippen LogP contribution < -0.4 is 0 Å². The van der Waals surface area contributed by atoms with Crippen molar-refractivity contribution in [1.29, 1.82) is 0 Å². The molecular formula is C15H17BrF3N7OS. The van der Waals surface area contributed by atoms with Gasteiger partial charge >= 0.3 is 6.18 Å². The molecule has 0 unspecified atom stereocenters. The molecule has 0 aliphatic carbocycles. The number of hydrogen-bond acceptors (Lipinski definition) is 6. The van der Waals surface area contributed by atoms with Crippen LogP contribution in [0.15, 0.2) is 22.9 Å². The molecule has 0 spiro atoms. The number of halogens is 4. The minimum absolute atomic E-state index is 0.260. The van der Waals surface area contributed by atoms with Gasteiger partial charge in [-0.1, -0.05) is 0 Å². The fourth-order valence-corrected chi connectivity index (χ4v) is 3.32. The van der Waals surface area contributed by atoms with Gasteiger partial charge in [-0.3, -0.25) is 9.36 Å². The van der Waals surface area contributed by atoms with Gasteiger partial charge in [0.15, 0.2) is 17.5 Å². The largest absolute Gasteiger partial charge is 0.408 e. The molecule has 0 bridgehead atoms. The molecule has 0 aliphatic rings. The number of aromatic nitrogens is 7. The molecule has 0 amide bonds. The second kappa shape index (κ2) is 8.66. The van der Waals surface area contributed by atoms with Crippen molar-refractivity contribution in [2.24, 2.45) is 0 Å². The second-order valence-corrected chi connectivity index (χ2v) is 7.49. The quantitative estimate of drug-likeness (QED) is 0.493. The standard InChI is InChI=1S/C15H17BrF3N7OS/c1-27-6-5-24-4-3-12(22-24)26-14(20-11(21-26)8-28-2)13-10(16)7-25(23-13)9-15(17,18)19/h3-4,7H,5-6,8-9H2,1-2H3. The summed E-state index contributed by atoms with van der Waals surface area (Å²) in [6.07, 6.45) is 0.576. The van der Waals surface area contributed by atoms with Crippen LogP contribution in [0.4, 0.5) is 13.2 Å². The molecule has 13 heteroatoms. The zero-order chi connectivity index (χ0) is 20.3. The molecule has 0 aliphatic heterocycles. The van der Waals surface area contributed by atoms with Crippen molar-refractivity contribution >= 4 is 27.7 Å². The molecule has 28 heavy (non-hydrogen) atoms. The van der Waals surface area contributed by atoms with E-state index >= 15 is 0 Å². The molecule has 3 heterocycles. The van der Waals surface area contributed by atoms with Gasteiger partial charge in [0.1, 0.15) is 12.2 Å². The number of methoxy groups -OCH3 is 1. The first-order valence-corrected chi connectivity index (χ1v) is 10.3. The van der Waals surface area contributed by atoms with Gasteiger partial charge in [0.05, 0.1) is 23.4 Å². The van der Waals surface area contributed by atoms with Crippen molar-refractivity contribution in [3.8, 4) is 17.3 Å². The number of thioether (sulfide) groups is 1. The average Bonchev–Trinajstić information content (AvgIpc) is 3.30. The van der Waals surface area contributed by atoms with Crippen LogP contribution in [0.2, 0.25) is 0 Å². The Morgan fingerprint density at radius 2 is 2.00 bits per heavy atom. The number of rotatable bonds is 8. The van der Waals surface area contributed by atoms with E-state index in [0.29, 0.717) is 40.8 Å². The monoisotopic (exact) mass is 479 g/mol. The highest BCUT2D eigenvalue weighted by molar-refractivity contribution is 9.10. The number of alkyl halides is 3. The smallest absolute Gasteiger partial charge is 0.383 e. The molecule has 0 atom stereocenters. The Balaban J connectivity index is 2.00. The van der Waals surface area contributed by atoms with Crippen LogP contribution in [-0.2, 0) is 23.6 Å². The molecule has 8 nitrogen and oxygen atoms in total. The predicted molar refractivity (Wildman–Crippen MR) is 101 cm³/mol. The Morgan fingerprint density at radius 1 is 1.21 bits per heavy atom. The summed E-state index contributed by atoms with van der Waals surface area (Å²) in [5.41, 5.74) is 0.260. The van der Waals surface area contributed by atoms with Gasteiger partial charge in [-0.2, -0.15) is 39.8 Å². The van der Waals surface area contributed by atoms with Gasteiger partial charge in [-0.15, -0.1) is 5.10 Å². The highest BCUT2D eigenvalue weighted by Gasteiger charge is 2.30. The summed E-state index contributed by atoms with van der Waals surface area (Å²) in [5, 5.41) is 12.9. The van der Waals surface area contributed by atoms with E-state index in [1.807, 2.05) is 6.26 Å². The fourth-order valence-electron chi connectivity index (χ4n) is 2.44. The molecule has 3 aromatic rings. The van der Waals surface area contributed by atoms with Gasteiger partial charge in [-0.25, -0.2) is 4.98 Å². The number of nitrogens with zero attached hydrogens (tertiary/aromatic N) is 7. The molecule has 152 valence electrons. The first kappa shape index (κ1) is 20.9. The van der Waals surface area contributed by atoms with E-state index in [2.05, 4.69) is 36.2 Å². The molecule has 0 fully saturated rings. The van der Waals surface area contributed by atoms with Crippen molar-refractivity contribution in [3.63, 3.8) is 0 Å². The summed E-state index contributed by atoms with van der Waals surface area (Å²) < 4.78 is 47.5. The Hall–Kier alpha value is -1.86. The van der Waals surface area contributed by atoms with Crippen LogP contribution in [0.1, 0.15) is 5.82 Å². The molecule has 3 aromatic heterocycles. The van der Waals surface area contributed by atoms with Gasteiger partial charge in [-0.05, 0) is 22.2 Å². The predicted octanol–water partition coefficient (Wildman–Crippen LogP) is 3.16. The van der Waals surface area contributed by atoms with Crippen LogP contribution in [-0.4, -0.2) is 60.5 Å². The lowest BCUT2D eigenvalue weighted by molar-refractivity contribution is -0.142. The molecule has 0 saturated heterocycles. The molecular weight excluding hydrogens is 463 g/mol. The van der Waals surface area contributed by atoms with Crippen LogP contribution >= 0.6 is 27.7 Å². The topological polar surface area (TPSA) is 75.6 Å². The van der Waals surface area contributed by atoms with Crippen molar-refractivity contribution in [2.75, 3.05) is 20.0 Å². The third-order valence-corrected chi connectivity index (χ3v) is 4.69. The summed E-state index contributed by atoms with van der Waals surface area (Å²) >= 11 is 4.81. The Bertz CT molecular complexity index is 937. The van der Waals surface area contributed by atoms with Gasteiger partial charge in [0.2, 0.25) is 0 Å². The zero-order valence-corrected chi connectivity index (χ0v) is 17.4. The van der Waals surface area contributed by atoms with Crippen molar-refractivity contribution in [3.05, 3.63) is 28.8 Å². The SMILES string of the molecule is COCCn1ccc(-n2nc(CSC)nc2-c2nn(CC(F)(F)F)cc2Br)n1. The molecule has 0 aromatic carbocycles. The highest BCUT2D eigenvalue weighted by atomic mass is 79.9. The van der Waals surface area contributed by atoms with Crippen LogP contribution in [0.5, 0.6) is 0 Å². The van der Waals surface area contributed by atoms with Gasteiger partial charge in [0, 0.05) is 25.6 Å². The summed E-state index contributed by atoms with van der Waals surface area (Å²) in [5.74, 6) is 1.88. The van der Waals surface area contributed by atoms with E-state index in [-0.39, 0.29) is 5.69 Å². The third kappa shape index (κ3) is 4.94. The Morgan fingerprint density at radius 3 is 2.68 bits per heavy atom. The normalized spacial score (nSPS) is 12.1. The number of hydrogen-bond donors (Lipinski definition) is 0. The first-order chi connectivity index (χ1) is 13.3. The zero-order valence-electron chi connectivity index (χ0n) is 15.0. The Kier molecular flexibility index (Phi) is 6.45. The van der Waals surface area contributed by atoms with E-state index in [4.69, 9.17) is 4.74 Å². The summed E-state index contributed by atoms with van der Waals surface area (Å²) in [6.45, 7) is -0.137. The lowest BCUT2D eigenvalue weighted by Gasteiger charge is -2.05. The molecule has 0 N–H and O–H groups in total. The van der Waals surface area contributed by atoms with Crippen LogP contribution in [0, 0.1) is 0 Å². The van der Waals surface area contributed by atoms with Crippen LogP contribution in [0.3, 0.4) is 0 Å². The second-order valence-electron chi connectivity index (χ2n) is 5.76. The maximum Gasteiger partial charge on any atom is 0.408 e. The van der Waals surface area contributed by atoms with E-state index < -0.39 is 12.7 Å². The van der Waals surface area contributed by atoms with Gasteiger partial charge < -0.3 is 4.74 Å². The van der Waals surface area contributed by atoms with E-state index in [0.717, 1.165) is 4.68 Å². The maximum atomic E-state index is 12.7. The summed E-state index contributed by atoms with van der Waals surface area (Å²) in [6, 6.07) is 1.75. The molecule has 3 rings (SSSR count). The minimum Gasteiger partial charge on any atom is -0.383 e. The van der Waals surface area contributed by atoms with Crippen molar-refractivity contribution in [1.82, 2.24) is 34.3 Å². The molecule has 0 radical (unpaired) electrons. The lowest BCUT2D eigenvalue weighted by atomic mass is 10.4. The van der Waals surface area contributed by atoms with E-state index in [9.17, 15) is 13.2 Å². The Labute approximate surface area is 171 Å². The minimum atomic E-state index is -4.37.